The molecule has 1 heterocycles. The Hall–Kier alpha value is -2.38. The predicted octanol–water partition coefficient (Wildman–Crippen LogP) is 0.668. The summed E-state index contributed by atoms with van der Waals surface area (Å²) >= 11 is 0. The number of alkyl carbamates (subject to hydrolysis) is 1. The number of amides is 3. The molecule has 8 heteroatoms. The van der Waals surface area contributed by atoms with Gasteiger partial charge in [-0.2, -0.15) is 0 Å². The summed E-state index contributed by atoms with van der Waals surface area (Å²) in [6.07, 6.45) is -0.0145. The van der Waals surface area contributed by atoms with Crippen LogP contribution in [0.15, 0.2) is 11.6 Å². The van der Waals surface area contributed by atoms with E-state index in [0.29, 0.717) is 0 Å². The normalized spacial score (nSPS) is 22.0. The van der Waals surface area contributed by atoms with Gasteiger partial charge in [0.1, 0.15) is 11.6 Å². The molecular weight excluding hydrogens is 292 g/mol. The second-order valence-corrected chi connectivity index (χ2v) is 6.04. The Bertz CT molecular complexity index is 546. The van der Waals surface area contributed by atoms with Crippen molar-refractivity contribution >= 4 is 23.9 Å². The van der Waals surface area contributed by atoms with Crippen molar-refractivity contribution in [1.82, 2.24) is 10.2 Å². The van der Waals surface area contributed by atoms with Crippen LogP contribution in [0.25, 0.3) is 0 Å². The second-order valence-electron chi connectivity index (χ2n) is 6.04. The summed E-state index contributed by atoms with van der Waals surface area (Å²) in [5.74, 6) is -2.56. The molecule has 0 bridgehead atoms. The Morgan fingerprint density at radius 2 is 1.86 bits per heavy atom. The third-order valence-corrected chi connectivity index (χ3v) is 2.96. The number of imide groups is 1. The third-order valence-electron chi connectivity index (χ3n) is 2.96. The van der Waals surface area contributed by atoms with E-state index >= 15 is 0 Å². The molecule has 0 spiro atoms. The highest BCUT2D eigenvalue weighted by molar-refractivity contribution is 6.11. The summed E-state index contributed by atoms with van der Waals surface area (Å²) in [4.78, 5) is 47.0. The number of carboxylic acids is 1. The van der Waals surface area contributed by atoms with Crippen molar-refractivity contribution in [2.75, 3.05) is 0 Å². The second kappa shape index (κ2) is 6.17. The molecule has 0 aromatic carbocycles. The monoisotopic (exact) mass is 312 g/mol. The van der Waals surface area contributed by atoms with Crippen molar-refractivity contribution in [2.45, 2.75) is 52.3 Å². The molecule has 0 aromatic heterocycles. The van der Waals surface area contributed by atoms with Gasteiger partial charge >= 0.3 is 12.1 Å². The number of likely N-dealkylation sites (tertiary alicyclic amines) is 1. The van der Waals surface area contributed by atoms with Crippen molar-refractivity contribution in [3.05, 3.63) is 11.6 Å². The molecule has 0 saturated carbocycles. The standard InChI is InChI=1S/C14H20N2O6/c1-7(6-9(17)18)11(19)16-8(2)10(12(16)20)15-13(21)22-14(3,4)5/h6,8,10H,1-5H3,(H,15,21)(H,17,18)/t8-,10-/m0/s1. The number of β-lactam (4-membered cyclic amide) rings is 1. The van der Waals surface area contributed by atoms with Crippen LogP contribution >= 0.6 is 0 Å². The minimum absolute atomic E-state index is 0.0663. The van der Waals surface area contributed by atoms with Crippen LogP contribution in [-0.4, -0.2) is 51.6 Å². The van der Waals surface area contributed by atoms with E-state index in [1.807, 2.05) is 0 Å². The summed E-state index contributed by atoms with van der Waals surface area (Å²) in [7, 11) is 0. The van der Waals surface area contributed by atoms with Gasteiger partial charge in [-0.3, -0.25) is 14.5 Å². The Balaban J connectivity index is 2.70. The first-order valence-electron chi connectivity index (χ1n) is 6.72. The molecule has 0 aromatic rings. The zero-order chi connectivity index (χ0) is 17.2. The fraction of sp³-hybridized carbons (Fsp3) is 0.571. The zero-order valence-corrected chi connectivity index (χ0v) is 13.2. The van der Waals surface area contributed by atoms with Gasteiger partial charge in [-0.05, 0) is 34.6 Å². The molecule has 0 radical (unpaired) electrons. The molecule has 0 unspecified atom stereocenters. The van der Waals surface area contributed by atoms with E-state index in [-0.39, 0.29) is 5.57 Å². The maximum atomic E-state index is 12.0. The fourth-order valence-corrected chi connectivity index (χ4v) is 1.96. The van der Waals surface area contributed by atoms with Gasteiger partial charge in [0.25, 0.3) is 11.8 Å². The Labute approximate surface area is 128 Å². The van der Waals surface area contributed by atoms with E-state index in [2.05, 4.69) is 5.32 Å². The lowest BCUT2D eigenvalue weighted by atomic mass is 9.95. The molecular formula is C14H20N2O6. The molecule has 1 aliphatic heterocycles. The van der Waals surface area contributed by atoms with Gasteiger partial charge in [0.15, 0.2) is 0 Å². The number of carbonyl (C=O) groups is 4. The average Bonchev–Trinajstić information content (AvgIpc) is 2.33. The first kappa shape index (κ1) is 17.7. The third kappa shape index (κ3) is 4.06. The number of aliphatic carboxylic acids is 1. The minimum atomic E-state index is -1.27. The van der Waals surface area contributed by atoms with E-state index < -0.39 is 41.6 Å². The van der Waals surface area contributed by atoms with Crippen LogP contribution in [0.4, 0.5) is 4.79 Å². The molecule has 3 amide bonds. The van der Waals surface area contributed by atoms with E-state index in [9.17, 15) is 19.2 Å². The summed E-state index contributed by atoms with van der Waals surface area (Å²) in [6.45, 7) is 7.96. The van der Waals surface area contributed by atoms with Crippen LogP contribution in [0.3, 0.4) is 0 Å². The number of ether oxygens (including phenoxy) is 1. The molecule has 8 nitrogen and oxygen atoms in total. The molecule has 1 fully saturated rings. The van der Waals surface area contributed by atoms with Crippen molar-refractivity contribution < 1.29 is 29.0 Å². The highest BCUT2D eigenvalue weighted by atomic mass is 16.6. The Morgan fingerprint density at radius 3 is 2.27 bits per heavy atom. The highest BCUT2D eigenvalue weighted by Gasteiger charge is 2.49. The SMILES string of the molecule is CC(=CC(=O)O)C(=O)N1C(=O)[C@@H](NC(=O)OC(C)(C)C)[C@@H]1C. The number of nitrogens with zero attached hydrogens (tertiary/aromatic N) is 1. The van der Waals surface area contributed by atoms with Crippen molar-refractivity contribution in [3.63, 3.8) is 0 Å². The number of rotatable bonds is 3. The lowest BCUT2D eigenvalue weighted by Crippen LogP contribution is -2.71. The van der Waals surface area contributed by atoms with E-state index in [1.54, 1.807) is 27.7 Å². The van der Waals surface area contributed by atoms with E-state index in [4.69, 9.17) is 9.84 Å². The lowest BCUT2D eigenvalue weighted by molar-refractivity contribution is -0.159. The van der Waals surface area contributed by atoms with Gasteiger partial charge in [-0.15, -0.1) is 0 Å². The summed E-state index contributed by atoms with van der Waals surface area (Å²) in [6, 6.07) is -1.44. The van der Waals surface area contributed by atoms with E-state index in [0.717, 1.165) is 11.0 Å². The average molecular weight is 312 g/mol. The Kier molecular flexibility index (Phi) is 4.95. The number of nitrogens with one attached hydrogen (secondary N) is 1. The van der Waals surface area contributed by atoms with Crippen LogP contribution < -0.4 is 5.32 Å². The van der Waals surface area contributed by atoms with Crippen molar-refractivity contribution in [3.8, 4) is 0 Å². The quantitative estimate of drug-likeness (QED) is 0.585. The summed E-state index contributed by atoms with van der Waals surface area (Å²) in [5.41, 5.74) is -0.764. The van der Waals surface area contributed by atoms with E-state index in [1.165, 1.54) is 6.92 Å². The topological polar surface area (TPSA) is 113 Å². The van der Waals surface area contributed by atoms with Crippen molar-refractivity contribution in [2.24, 2.45) is 0 Å². The minimum Gasteiger partial charge on any atom is -0.478 e. The molecule has 0 aliphatic carbocycles. The smallest absolute Gasteiger partial charge is 0.408 e. The molecule has 122 valence electrons. The first-order chi connectivity index (χ1) is 9.94. The summed E-state index contributed by atoms with van der Waals surface area (Å²) in [5, 5.41) is 11.0. The molecule has 1 saturated heterocycles. The number of carboxylic acid groups (broad SMARTS) is 1. The van der Waals surface area contributed by atoms with Gasteiger partial charge in [-0.1, -0.05) is 0 Å². The van der Waals surface area contributed by atoms with Crippen LogP contribution in [0, 0.1) is 0 Å². The van der Waals surface area contributed by atoms with Gasteiger partial charge in [0, 0.05) is 11.6 Å². The first-order valence-corrected chi connectivity index (χ1v) is 6.72. The molecule has 22 heavy (non-hydrogen) atoms. The number of carbonyl (C=O) groups excluding carboxylic acids is 3. The number of hydrogen-bond donors (Lipinski definition) is 2. The molecule has 1 rings (SSSR count). The van der Waals surface area contributed by atoms with Crippen molar-refractivity contribution in [1.29, 1.82) is 0 Å². The highest BCUT2D eigenvalue weighted by Crippen LogP contribution is 2.22. The largest absolute Gasteiger partial charge is 0.478 e. The summed E-state index contributed by atoms with van der Waals surface area (Å²) < 4.78 is 5.04. The van der Waals surface area contributed by atoms with Gasteiger partial charge in [0.2, 0.25) is 0 Å². The van der Waals surface area contributed by atoms with Crippen LogP contribution in [0.5, 0.6) is 0 Å². The van der Waals surface area contributed by atoms with Crippen LogP contribution in [-0.2, 0) is 19.1 Å². The van der Waals surface area contributed by atoms with Gasteiger partial charge < -0.3 is 15.2 Å². The molecule has 2 N–H and O–H groups in total. The fourth-order valence-electron chi connectivity index (χ4n) is 1.96. The van der Waals surface area contributed by atoms with Crippen LogP contribution in [0.2, 0.25) is 0 Å². The maximum Gasteiger partial charge on any atom is 0.408 e. The molecule has 2 atom stereocenters. The maximum absolute atomic E-state index is 12.0. The lowest BCUT2D eigenvalue weighted by Gasteiger charge is -2.43. The predicted molar refractivity (Wildman–Crippen MR) is 75.9 cm³/mol. The van der Waals surface area contributed by atoms with Gasteiger partial charge in [-0.25, -0.2) is 9.59 Å². The zero-order valence-electron chi connectivity index (χ0n) is 13.2. The number of hydrogen-bond acceptors (Lipinski definition) is 5. The van der Waals surface area contributed by atoms with Gasteiger partial charge in [0.05, 0.1) is 6.04 Å². The van der Waals surface area contributed by atoms with Crippen LogP contribution in [0.1, 0.15) is 34.6 Å². The Morgan fingerprint density at radius 1 is 1.32 bits per heavy atom. The molecule has 1 aliphatic rings.